The van der Waals surface area contributed by atoms with Gasteiger partial charge in [0.15, 0.2) is 5.82 Å². The van der Waals surface area contributed by atoms with Crippen molar-refractivity contribution in [3.8, 4) is 11.5 Å². The van der Waals surface area contributed by atoms with Crippen molar-refractivity contribution in [2.24, 2.45) is 0 Å². The van der Waals surface area contributed by atoms with Crippen molar-refractivity contribution in [2.75, 3.05) is 6.54 Å². The fraction of sp³-hybridized carbons (Fsp3) is 0.500. The molecule has 0 amide bonds. The minimum atomic E-state index is 0.801. The maximum atomic E-state index is 4.54. The van der Waals surface area contributed by atoms with Crippen molar-refractivity contribution in [3.05, 3.63) is 15.7 Å². The molecule has 0 spiro atoms. The Morgan fingerprint density at radius 2 is 2.19 bits per heavy atom. The van der Waals surface area contributed by atoms with Crippen LogP contribution in [0.1, 0.15) is 15.7 Å². The molecule has 0 atom stereocenters. The van der Waals surface area contributed by atoms with E-state index in [9.17, 15) is 0 Å². The SMILES string of the molecule is Cc1nc(-c2nnc3n2CCNC3)c(C)s1. The second-order valence-electron chi connectivity index (χ2n) is 3.91. The van der Waals surface area contributed by atoms with E-state index in [1.54, 1.807) is 11.3 Å². The minimum absolute atomic E-state index is 0.801. The summed E-state index contributed by atoms with van der Waals surface area (Å²) in [6.45, 7) is 6.81. The summed E-state index contributed by atoms with van der Waals surface area (Å²) >= 11 is 1.71. The predicted molar refractivity (Wildman–Crippen MR) is 62.3 cm³/mol. The van der Waals surface area contributed by atoms with Crippen LogP contribution in [0, 0.1) is 13.8 Å². The topological polar surface area (TPSA) is 55.6 Å². The Labute approximate surface area is 97.5 Å². The van der Waals surface area contributed by atoms with E-state index in [1.807, 2.05) is 6.92 Å². The van der Waals surface area contributed by atoms with Crippen LogP contribution in [0.2, 0.25) is 0 Å². The van der Waals surface area contributed by atoms with Crippen molar-refractivity contribution in [1.82, 2.24) is 25.1 Å². The first kappa shape index (κ1) is 9.92. The van der Waals surface area contributed by atoms with E-state index < -0.39 is 0 Å². The second kappa shape index (κ2) is 3.64. The summed E-state index contributed by atoms with van der Waals surface area (Å²) in [6, 6.07) is 0. The Morgan fingerprint density at radius 1 is 1.31 bits per heavy atom. The molecule has 3 heterocycles. The molecule has 3 rings (SSSR count). The largest absolute Gasteiger partial charge is 0.308 e. The van der Waals surface area contributed by atoms with E-state index in [0.717, 1.165) is 42.0 Å². The van der Waals surface area contributed by atoms with Gasteiger partial charge in [-0.25, -0.2) is 4.98 Å². The lowest BCUT2D eigenvalue weighted by Crippen LogP contribution is -2.28. The molecule has 0 aliphatic carbocycles. The maximum Gasteiger partial charge on any atom is 0.183 e. The third-order valence-corrected chi connectivity index (χ3v) is 3.62. The summed E-state index contributed by atoms with van der Waals surface area (Å²) < 4.78 is 2.16. The van der Waals surface area contributed by atoms with Gasteiger partial charge in [-0.1, -0.05) is 0 Å². The van der Waals surface area contributed by atoms with Gasteiger partial charge in [-0.15, -0.1) is 21.5 Å². The summed E-state index contributed by atoms with van der Waals surface area (Å²) in [4.78, 5) is 5.75. The van der Waals surface area contributed by atoms with Gasteiger partial charge in [-0.2, -0.15) is 0 Å². The first-order chi connectivity index (χ1) is 7.75. The average molecular weight is 235 g/mol. The highest BCUT2D eigenvalue weighted by Gasteiger charge is 2.19. The van der Waals surface area contributed by atoms with Crippen molar-refractivity contribution >= 4 is 11.3 Å². The molecular formula is C10H13N5S. The molecule has 2 aromatic heterocycles. The van der Waals surface area contributed by atoms with Gasteiger partial charge in [0.1, 0.15) is 11.5 Å². The molecule has 0 unspecified atom stereocenters. The number of aromatic nitrogens is 4. The third kappa shape index (κ3) is 1.45. The number of aryl methyl sites for hydroxylation is 2. The van der Waals surface area contributed by atoms with Crippen molar-refractivity contribution in [3.63, 3.8) is 0 Å². The number of nitrogens with one attached hydrogen (secondary N) is 1. The van der Waals surface area contributed by atoms with Gasteiger partial charge in [0.2, 0.25) is 0 Å². The van der Waals surface area contributed by atoms with Crippen LogP contribution in [0.4, 0.5) is 0 Å². The highest BCUT2D eigenvalue weighted by Crippen LogP contribution is 2.26. The van der Waals surface area contributed by atoms with Crippen LogP contribution in [-0.4, -0.2) is 26.3 Å². The smallest absolute Gasteiger partial charge is 0.183 e. The van der Waals surface area contributed by atoms with Gasteiger partial charge in [0, 0.05) is 18.0 Å². The van der Waals surface area contributed by atoms with E-state index in [4.69, 9.17) is 0 Å². The van der Waals surface area contributed by atoms with Crippen LogP contribution in [0.15, 0.2) is 0 Å². The van der Waals surface area contributed by atoms with Crippen molar-refractivity contribution < 1.29 is 0 Å². The highest BCUT2D eigenvalue weighted by atomic mass is 32.1. The molecule has 6 heteroatoms. The molecular weight excluding hydrogens is 222 g/mol. The zero-order valence-corrected chi connectivity index (χ0v) is 10.1. The molecule has 84 valence electrons. The Balaban J connectivity index is 2.13. The molecule has 0 saturated carbocycles. The Bertz CT molecular complexity index is 527. The van der Waals surface area contributed by atoms with Crippen LogP contribution < -0.4 is 5.32 Å². The summed E-state index contributed by atoms with van der Waals surface area (Å²) in [5, 5.41) is 12.8. The second-order valence-corrected chi connectivity index (χ2v) is 5.31. The molecule has 16 heavy (non-hydrogen) atoms. The predicted octanol–water partition coefficient (Wildman–Crippen LogP) is 1.12. The minimum Gasteiger partial charge on any atom is -0.308 e. The first-order valence-corrected chi connectivity index (χ1v) is 6.14. The zero-order valence-electron chi connectivity index (χ0n) is 9.32. The molecule has 1 aliphatic rings. The maximum absolute atomic E-state index is 4.54. The first-order valence-electron chi connectivity index (χ1n) is 5.33. The number of hydrogen-bond donors (Lipinski definition) is 1. The number of nitrogens with zero attached hydrogens (tertiary/aromatic N) is 4. The van der Waals surface area contributed by atoms with Crippen LogP contribution in [0.5, 0.6) is 0 Å². The molecule has 0 radical (unpaired) electrons. The molecule has 0 aromatic carbocycles. The Hall–Kier alpha value is -1.27. The quantitative estimate of drug-likeness (QED) is 0.805. The number of fused-ring (bicyclic) bond motifs is 1. The standard InChI is InChI=1S/C10H13N5S/c1-6-9(12-7(2)16-6)10-14-13-8-5-11-3-4-15(8)10/h11H,3-5H2,1-2H3. The van der Waals surface area contributed by atoms with Gasteiger partial charge in [0.25, 0.3) is 0 Å². The van der Waals surface area contributed by atoms with Crippen LogP contribution in [-0.2, 0) is 13.1 Å². The summed E-state index contributed by atoms with van der Waals surface area (Å²) in [5.41, 5.74) is 0.989. The normalized spacial score (nSPS) is 15.1. The van der Waals surface area contributed by atoms with Gasteiger partial charge < -0.3 is 9.88 Å². The van der Waals surface area contributed by atoms with E-state index >= 15 is 0 Å². The molecule has 5 nitrogen and oxygen atoms in total. The number of thiazole rings is 1. The number of hydrogen-bond acceptors (Lipinski definition) is 5. The van der Waals surface area contributed by atoms with Crippen molar-refractivity contribution in [2.45, 2.75) is 26.9 Å². The van der Waals surface area contributed by atoms with E-state index in [-0.39, 0.29) is 0 Å². The van der Waals surface area contributed by atoms with Gasteiger partial charge in [-0.3, -0.25) is 0 Å². The zero-order chi connectivity index (χ0) is 11.1. The molecule has 1 N–H and O–H groups in total. The van der Waals surface area contributed by atoms with E-state index in [1.165, 1.54) is 4.88 Å². The third-order valence-electron chi connectivity index (χ3n) is 2.74. The summed E-state index contributed by atoms with van der Waals surface area (Å²) in [5.74, 6) is 1.92. The summed E-state index contributed by atoms with van der Waals surface area (Å²) in [6.07, 6.45) is 0. The fourth-order valence-corrected chi connectivity index (χ4v) is 2.82. The van der Waals surface area contributed by atoms with Gasteiger partial charge in [0.05, 0.1) is 11.6 Å². The number of rotatable bonds is 1. The van der Waals surface area contributed by atoms with E-state index in [0.29, 0.717) is 0 Å². The fourth-order valence-electron chi connectivity index (χ4n) is 2.00. The lowest BCUT2D eigenvalue weighted by Gasteiger charge is -2.15. The molecule has 0 fully saturated rings. The summed E-state index contributed by atoms with van der Waals surface area (Å²) in [7, 11) is 0. The highest BCUT2D eigenvalue weighted by molar-refractivity contribution is 7.11. The Morgan fingerprint density at radius 3 is 2.94 bits per heavy atom. The lowest BCUT2D eigenvalue weighted by molar-refractivity contribution is 0.508. The molecule has 0 bridgehead atoms. The van der Waals surface area contributed by atoms with Crippen LogP contribution >= 0.6 is 11.3 Å². The van der Waals surface area contributed by atoms with Crippen LogP contribution in [0.3, 0.4) is 0 Å². The Kier molecular flexibility index (Phi) is 2.26. The van der Waals surface area contributed by atoms with Gasteiger partial charge >= 0.3 is 0 Å². The lowest BCUT2D eigenvalue weighted by atomic mass is 10.3. The van der Waals surface area contributed by atoms with Gasteiger partial charge in [-0.05, 0) is 13.8 Å². The van der Waals surface area contributed by atoms with Crippen LogP contribution in [0.25, 0.3) is 11.5 Å². The molecule has 2 aromatic rings. The van der Waals surface area contributed by atoms with Crippen molar-refractivity contribution in [1.29, 1.82) is 0 Å². The average Bonchev–Trinajstić information content (AvgIpc) is 2.81. The molecule has 0 saturated heterocycles. The molecule has 1 aliphatic heterocycles. The monoisotopic (exact) mass is 235 g/mol. The van der Waals surface area contributed by atoms with E-state index in [2.05, 4.69) is 32.0 Å².